The zero-order valence-electron chi connectivity index (χ0n) is 40.2. The lowest BCUT2D eigenvalue weighted by atomic mass is 9.86. The summed E-state index contributed by atoms with van der Waals surface area (Å²) in [5.74, 6) is -57.4. The molecule has 0 unspecified atom stereocenters. The minimum atomic E-state index is -2.86. The van der Waals surface area contributed by atoms with Crippen LogP contribution >= 0.6 is 0 Å². The highest BCUT2D eigenvalue weighted by Crippen LogP contribution is 2.55. The minimum Gasteiger partial charge on any atom is -0.354 e. The van der Waals surface area contributed by atoms with Crippen LogP contribution in [0.1, 0.15) is 41.7 Å². The van der Waals surface area contributed by atoms with Crippen molar-refractivity contribution in [1.29, 1.82) is 0 Å². The molecule has 0 spiro atoms. The van der Waals surface area contributed by atoms with Crippen LogP contribution in [0.3, 0.4) is 0 Å². The molecule has 0 saturated carbocycles. The number of aromatic nitrogens is 4. The standard InChI is InChI=1S/C52H16F20N8O4/c1-11-21-50-24(28-34(57)42(65)48(71)43(66)35(28)58)17-7-5-15(74-17)22(26-30(53)38(61)46(69)39(62)31(26)54)13-3-4-14(73-13)23(27-32(55)40(63)47(70)41(64)33(27)56)16-6-8-18(75-16)25(29-36(59)44(67)49(72)45(68)37(29)60)51(76-50)52(21)78(77-11)19-9-2-12(79(81)82)10-20(19)80(83)84/h2-10,21,52,74-75H,1H3/t21-,52-/m0/s1. The Labute approximate surface area is 449 Å². The van der Waals surface area contributed by atoms with E-state index in [1.54, 1.807) is 0 Å². The second-order valence-electron chi connectivity index (χ2n) is 18.1. The number of halogens is 20. The summed E-state index contributed by atoms with van der Waals surface area (Å²) in [6.45, 7) is 0.926. The maximum absolute atomic E-state index is 16.7. The van der Waals surface area contributed by atoms with E-state index in [1.807, 2.05) is 0 Å². The van der Waals surface area contributed by atoms with E-state index < -0.39 is 250 Å². The maximum atomic E-state index is 16.7. The summed E-state index contributed by atoms with van der Waals surface area (Å²) in [5, 5.41) is 29.2. The first kappa shape index (κ1) is 55.7. The molecule has 11 rings (SSSR count). The van der Waals surface area contributed by atoms with E-state index >= 15 is 70.2 Å². The van der Waals surface area contributed by atoms with Gasteiger partial charge in [-0.3, -0.25) is 25.2 Å². The smallest absolute Gasteiger partial charge is 0.301 e. The number of nitro groups is 2. The number of non-ortho nitro benzene ring substituents is 1. The van der Waals surface area contributed by atoms with E-state index in [0.29, 0.717) is 59.6 Å². The Morgan fingerprint density at radius 3 is 1.07 bits per heavy atom. The second kappa shape index (κ2) is 19.5. The fourth-order valence-corrected chi connectivity index (χ4v) is 10.0. The van der Waals surface area contributed by atoms with Gasteiger partial charge in [0.05, 0.1) is 66.9 Å². The molecule has 8 bridgehead atoms. The Morgan fingerprint density at radius 2 is 0.726 bits per heavy atom. The third kappa shape index (κ3) is 7.88. The average molecular weight is 1200 g/mol. The van der Waals surface area contributed by atoms with Gasteiger partial charge < -0.3 is 9.97 Å². The lowest BCUT2D eigenvalue weighted by Crippen LogP contribution is -2.22. The van der Waals surface area contributed by atoms with Crippen molar-refractivity contribution in [2.45, 2.75) is 18.9 Å². The first-order chi connectivity index (χ1) is 39.6. The van der Waals surface area contributed by atoms with Crippen LogP contribution in [0.15, 0.2) is 47.6 Å². The molecule has 0 radical (unpaired) electrons. The Balaban J connectivity index is 1.47. The summed E-state index contributed by atoms with van der Waals surface area (Å²) < 4.78 is 315. The first-order valence-electron chi connectivity index (χ1n) is 22.9. The number of hydrazone groups is 1. The average Bonchev–Trinajstić information content (AvgIpc) is 2.74. The van der Waals surface area contributed by atoms with Crippen molar-refractivity contribution < 1.29 is 97.7 Å². The van der Waals surface area contributed by atoms with E-state index in [-0.39, 0.29) is 0 Å². The van der Waals surface area contributed by atoms with Gasteiger partial charge >= 0.3 is 5.69 Å². The van der Waals surface area contributed by atoms with Gasteiger partial charge in [-0.15, -0.1) is 0 Å². The molecular formula is C52H16F20N8O4. The molecule has 3 aromatic heterocycles. The normalized spacial score (nSPS) is 14.7. The number of hydrogen-bond acceptors (Lipinski definition) is 8. The molecule has 0 fully saturated rings. The van der Waals surface area contributed by atoms with E-state index in [2.05, 4.69) is 25.0 Å². The molecular weight excluding hydrogens is 1180 g/mol. The van der Waals surface area contributed by atoms with Crippen LogP contribution in [0.4, 0.5) is 105 Å². The summed E-state index contributed by atoms with van der Waals surface area (Å²) in [5.41, 5.74) is -27.2. The van der Waals surface area contributed by atoms with Crippen LogP contribution < -0.4 is 5.01 Å². The van der Waals surface area contributed by atoms with Crippen molar-refractivity contribution in [3.63, 3.8) is 0 Å². The maximum Gasteiger partial charge on any atom is 0.301 e. The SMILES string of the molecule is CC1=NN(c2ccc([N+](=O)[O-])cc2[N+](=O)[O-])[C@@H]2c3nc(c(-c4c(F)c(F)c(F)c(F)c4F)c4ccc([nH]4)c(-c4c(F)c(F)c(F)c(F)c4F)c4nc(c(-c5c(F)c(F)c(F)c(F)c5F)c5ccc([nH]5)c3-c3c(F)c(F)c(F)c(F)c3F)C=C4)[C@H]12. The van der Waals surface area contributed by atoms with Crippen LogP contribution in [-0.2, 0) is 0 Å². The van der Waals surface area contributed by atoms with Crippen LogP contribution in [0.5, 0.6) is 0 Å². The van der Waals surface area contributed by atoms with E-state index in [0.717, 1.165) is 6.92 Å². The number of nitro benzene ring substituents is 2. The van der Waals surface area contributed by atoms with Gasteiger partial charge in [0.2, 0.25) is 23.3 Å². The van der Waals surface area contributed by atoms with Gasteiger partial charge in [0, 0.05) is 56.1 Å². The molecule has 2 atom stereocenters. The molecule has 84 heavy (non-hydrogen) atoms. The number of nitrogens with one attached hydrogen (secondary N) is 2. The summed E-state index contributed by atoms with van der Waals surface area (Å²) in [6, 6.07) is 1.17. The number of hydrogen-bond donors (Lipinski definition) is 2. The molecule has 8 aromatic rings. The molecule has 12 nitrogen and oxygen atoms in total. The fraction of sp³-hybridized carbons (Fsp3) is 0.0577. The molecule has 5 aromatic carbocycles. The van der Waals surface area contributed by atoms with Gasteiger partial charge in [0.1, 0.15) is 11.7 Å². The predicted molar refractivity (Wildman–Crippen MR) is 252 cm³/mol. The summed E-state index contributed by atoms with van der Waals surface area (Å²) >= 11 is 0. The monoisotopic (exact) mass is 1200 g/mol. The Kier molecular flexibility index (Phi) is 12.9. The van der Waals surface area contributed by atoms with Crippen molar-refractivity contribution in [2.75, 3.05) is 5.01 Å². The summed E-state index contributed by atoms with van der Waals surface area (Å²) in [4.78, 5) is 34.9. The molecule has 0 saturated heterocycles. The number of aromatic amines is 2. The third-order valence-electron chi connectivity index (χ3n) is 13.7. The Morgan fingerprint density at radius 1 is 0.405 bits per heavy atom. The number of fused-ring (bicyclic) bond motifs is 11. The summed E-state index contributed by atoms with van der Waals surface area (Å²) in [6.07, 6.45) is 1.06. The van der Waals surface area contributed by atoms with Crippen molar-refractivity contribution in [2.24, 2.45) is 5.10 Å². The van der Waals surface area contributed by atoms with Crippen molar-refractivity contribution in [3.05, 3.63) is 202 Å². The van der Waals surface area contributed by atoms with Crippen molar-refractivity contribution in [3.8, 4) is 44.5 Å². The topological polar surface area (TPSA) is 159 Å². The number of anilines is 1. The van der Waals surface area contributed by atoms with Crippen molar-refractivity contribution >= 4 is 57.0 Å². The zero-order chi connectivity index (χ0) is 60.9. The van der Waals surface area contributed by atoms with Gasteiger partial charge in [0.25, 0.3) is 5.69 Å². The van der Waals surface area contributed by atoms with Gasteiger partial charge in [-0.1, -0.05) is 0 Å². The van der Waals surface area contributed by atoms with Gasteiger partial charge in [-0.05, 0) is 49.4 Å². The third-order valence-corrected chi connectivity index (χ3v) is 13.7. The van der Waals surface area contributed by atoms with Gasteiger partial charge in [0.15, 0.2) is 93.1 Å². The lowest BCUT2D eigenvalue weighted by molar-refractivity contribution is -0.393. The molecule has 0 aliphatic carbocycles. The molecule has 2 N–H and O–H groups in total. The van der Waals surface area contributed by atoms with Gasteiger partial charge in [-0.2, -0.15) is 5.10 Å². The quantitative estimate of drug-likeness (QED) is 0.0528. The predicted octanol–water partition coefficient (Wildman–Crippen LogP) is 15.5. The molecule has 3 aliphatic rings. The van der Waals surface area contributed by atoms with E-state index in [9.17, 15) is 37.8 Å². The molecule has 428 valence electrons. The largest absolute Gasteiger partial charge is 0.354 e. The molecule has 3 aliphatic heterocycles. The van der Waals surface area contributed by atoms with Crippen LogP contribution in [0, 0.1) is 137 Å². The van der Waals surface area contributed by atoms with Crippen LogP contribution in [0.2, 0.25) is 0 Å². The van der Waals surface area contributed by atoms with Crippen molar-refractivity contribution in [1.82, 2.24) is 19.9 Å². The molecule has 0 amide bonds. The van der Waals surface area contributed by atoms with Gasteiger partial charge in [-0.25, -0.2) is 97.8 Å². The highest BCUT2D eigenvalue weighted by atomic mass is 19.2. The lowest BCUT2D eigenvalue weighted by Gasteiger charge is -2.25. The summed E-state index contributed by atoms with van der Waals surface area (Å²) in [7, 11) is 0. The number of rotatable bonds is 7. The number of nitrogens with zero attached hydrogens (tertiary/aromatic N) is 6. The number of benzene rings is 5. The van der Waals surface area contributed by atoms with Crippen LogP contribution in [0.25, 0.3) is 78.7 Å². The van der Waals surface area contributed by atoms with E-state index in [4.69, 9.17) is 0 Å². The van der Waals surface area contributed by atoms with Crippen LogP contribution in [-0.4, -0.2) is 35.5 Å². The highest BCUT2D eigenvalue weighted by Gasteiger charge is 2.50. The minimum absolute atomic E-state index is 0.308. The Hall–Kier alpha value is -10.2. The highest BCUT2D eigenvalue weighted by molar-refractivity contribution is 6.02. The Bertz CT molecular complexity index is 4530. The first-order valence-corrected chi connectivity index (χ1v) is 22.9. The zero-order valence-corrected chi connectivity index (χ0v) is 40.2. The van der Waals surface area contributed by atoms with E-state index in [1.165, 1.54) is 0 Å². The fourth-order valence-electron chi connectivity index (χ4n) is 10.0. The molecule has 6 heterocycles. The number of H-pyrrole nitrogens is 2. The molecule has 32 heteroatoms. The second-order valence-corrected chi connectivity index (χ2v) is 18.1.